The molecule has 0 unspecified atom stereocenters. The fourth-order valence-electron chi connectivity index (χ4n) is 1.98. The Hall–Kier alpha value is -1.79. The summed E-state index contributed by atoms with van der Waals surface area (Å²) < 4.78 is 0.895. The molecule has 2 rings (SSSR count). The van der Waals surface area contributed by atoms with Gasteiger partial charge in [-0.05, 0) is 64.7 Å². The quantitative estimate of drug-likeness (QED) is 0.796. The number of hydrogen-bond acceptors (Lipinski definition) is 2. The van der Waals surface area contributed by atoms with E-state index >= 15 is 0 Å². The SMILES string of the molecule is CCCCc1ccc(Nc2ccc(C#N)cc2Br)cc1. The van der Waals surface area contributed by atoms with E-state index in [0.717, 1.165) is 22.3 Å². The van der Waals surface area contributed by atoms with Gasteiger partial charge in [0.25, 0.3) is 0 Å². The maximum Gasteiger partial charge on any atom is 0.0992 e. The molecule has 0 saturated heterocycles. The molecule has 0 spiro atoms. The number of benzene rings is 2. The number of aryl methyl sites for hydroxylation is 1. The van der Waals surface area contributed by atoms with Gasteiger partial charge >= 0.3 is 0 Å². The van der Waals surface area contributed by atoms with Crippen LogP contribution in [0, 0.1) is 11.3 Å². The van der Waals surface area contributed by atoms with Crippen LogP contribution < -0.4 is 5.32 Å². The standard InChI is InChI=1S/C17H17BrN2/c1-2-3-4-13-5-8-15(9-6-13)20-17-10-7-14(12-19)11-16(17)18/h5-11,20H,2-4H2,1H3. The molecule has 2 aromatic rings. The largest absolute Gasteiger partial charge is 0.355 e. The first-order chi connectivity index (χ1) is 9.72. The fraction of sp³-hybridized carbons (Fsp3) is 0.235. The summed E-state index contributed by atoms with van der Waals surface area (Å²) in [5.41, 5.74) is 4.04. The van der Waals surface area contributed by atoms with E-state index in [0.29, 0.717) is 5.56 Å². The van der Waals surface area contributed by atoms with Crippen LogP contribution in [0.3, 0.4) is 0 Å². The highest BCUT2D eigenvalue weighted by Crippen LogP contribution is 2.27. The molecule has 2 aromatic carbocycles. The number of anilines is 2. The highest BCUT2D eigenvalue weighted by Gasteiger charge is 2.02. The molecule has 0 fully saturated rings. The normalized spacial score (nSPS) is 10.1. The third kappa shape index (κ3) is 3.85. The minimum atomic E-state index is 0.650. The van der Waals surface area contributed by atoms with Gasteiger partial charge in [0, 0.05) is 10.2 Å². The number of unbranched alkanes of at least 4 members (excludes halogenated alkanes) is 1. The molecule has 0 aliphatic rings. The minimum Gasteiger partial charge on any atom is -0.355 e. The van der Waals surface area contributed by atoms with Crippen LogP contribution in [-0.2, 0) is 6.42 Å². The molecule has 3 heteroatoms. The van der Waals surface area contributed by atoms with E-state index in [4.69, 9.17) is 5.26 Å². The lowest BCUT2D eigenvalue weighted by atomic mass is 10.1. The number of halogens is 1. The van der Waals surface area contributed by atoms with Gasteiger partial charge in [-0.15, -0.1) is 0 Å². The molecule has 0 aliphatic carbocycles. The van der Waals surface area contributed by atoms with Crippen molar-refractivity contribution in [2.75, 3.05) is 5.32 Å². The van der Waals surface area contributed by atoms with E-state index in [1.54, 1.807) is 0 Å². The molecule has 0 radical (unpaired) electrons. The molecular formula is C17H17BrN2. The number of nitrogens with one attached hydrogen (secondary N) is 1. The number of nitriles is 1. The first kappa shape index (κ1) is 14.6. The Labute approximate surface area is 128 Å². The van der Waals surface area contributed by atoms with Crippen LogP contribution in [0.4, 0.5) is 11.4 Å². The number of rotatable bonds is 5. The Morgan fingerprint density at radius 2 is 1.90 bits per heavy atom. The Morgan fingerprint density at radius 1 is 1.15 bits per heavy atom. The van der Waals surface area contributed by atoms with E-state index < -0.39 is 0 Å². The molecule has 0 heterocycles. The van der Waals surface area contributed by atoms with Crippen molar-refractivity contribution in [2.24, 2.45) is 0 Å². The Morgan fingerprint density at radius 3 is 2.50 bits per heavy atom. The van der Waals surface area contributed by atoms with Gasteiger partial charge in [0.05, 0.1) is 17.3 Å². The van der Waals surface area contributed by atoms with Gasteiger partial charge < -0.3 is 5.32 Å². The molecule has 0 saturated carbocycles. The van der Waals surface area contributed by atoms with Crippen LogP contribution >= 0.6 is 15.9 Å². The first-order valence-electron chi connectivity index (χ1n) is 6.78. The molecular weight excluding hydrogens is 312 g/mol. The topological polar surface area (TPSA) is 35.8 Å². The van der Waals surface area contributed by atoms with Gasteiger partial charge in [0.1, 0.15) is 0 Å². The molecule has 0 aromatic heterocycles. The van der Waals surface area contributed by atoms with Gasteiger partial charge in [0.2, 0.25) is 0 Å². The summed E-state index contributed by atoms with van der Waals surface area (Å²) >= 11 is 3.48. The smallest absolute Gasteiger partial charge is 0.0992 e. The highest BCUT2D eigenvalue weighted by molar-refractivity contribution is 9.10. The third-order valence-corrected chi connectivity index (χ3v) is 3.81. The molecule has 102 valence electrons. The average molecular weight is 329 g/mol. The summed E-state index contributed by atoms with van der Waals surface area (Å²) in [6, 6.07) is 16.2. The maximum absolute atomic E-state index is 8.85. The maximum atomic E-state index is 8.85. The average Bonchev–Trinajstić information content (AvgIpc) is 2.48. The second-order valence-electron chi connectivity index (χ2n) is 4.73. The molecule has 0 atom stereocenters. The van der Waals surface area contributed by atoms with Crippen molar-refractivity contribution in [1.82, 2.24) is 0 Å². The van der Waals surface area contributed by atoms with Gasteiger partial charge in [-0.1, -0.05) is 25.5 Å². The summed E-state index contributed by atoms with van der Waals surface area (Å²) in [5, 5.41) is 12.2. The van der Waals surface area contributed by atoms with Crippen molar-refractivity contribution in [2.45, 2.75) is 26.2 Å². The van der Waals surface area contributed by atoms with Gasteiger partial charge in [0.15, 0.2) is 0 Å². The minimum absolute atomic E-state index is 0.650. The third-order valence-electron chi connectivity index (χ3n) is 3.15. The van der Waals surface area contributed by atoms with Crippen LogP contribution in [0.2, 0.25) is 0 Å². The van der Waals surface area contributed by atoms with Gasteiger partial charge in [-0.3, -0.25) is 0 Å². The highest BCUT2D eigenvalue weighted by atomic mass is 79.9. The second kappa shape index (κ2) is 7.12. The lowest BCUT2D eigenvalue weighted by Crippen LogP contribution is -1.93. The zero-order chi connectivity index (χ0) is 14.4. The fourth-order valence-corrected chi connectivity index (χ4v) is 2.46. The number of nitrogens with zero attached hydrogens (tertiary/aromatic N) is 1. The lowest BCUT2D eigenvalue weighted by Gasteiger charge is -2.09. The van der Waals surface area contributed by atoms with E-state index in [9.17, 15) is 0 Å². The van der Waals surface area contributed by atoms with Crippen LogP contribution in [-0.4, -0.2) is 0 Å². The van der Waals surface area contributed by atoms with Gasteiger partial charge in [-0.25, -0.2) is 0 Å². The Balaban J connectivity index is 2.08. The summed E-state index contributed by atoms with van der Waals surface area (Å²) in [4.78, 5) is 0. The zero-order valence-corrected chi connectivity index (χ0v) is 13.1. The Bertz CT molecular complexity index is 612. The molecule has 0 aliphatic heterocycles. The van der Waals surface area contributed by atoms with Crippen molar-refractivity contribution < 1.29 is 0 Å². The van der Waals surface area contributed by atoms with Crippen LogP contribution in [0.5, 0.6) is 0 Å². The summed E-state index contributed by atoms with van der Waals surface area (Å²) in [5.74, 6) is 0. The van der Waals surface area contributed by atoms with Crippen molar-refractivity contribution >= 4 is 27.3 Å². The van der Waals surface area contributed by atoms with Crippen LogP contribution in [0.15, 0.2) is 46.9 Å². The molecule has 20 heavy (non-hydrogen) atoms. The molecule has 1 N–H and O–H groups in total. The second-order valence-corrected chi connectivity index (χ2v) is 5.59. The number of hydrogen-bond donors (Lipinski definition) is 1. The van der Waals surface area contributed by atoms with Gasteiger partial charge in [-0.2, -0.15) is 5.26 Å². The Kier molecular flexibility index (Phi) is 5.20. The molecule has 0 bridgehead atoms. The predicted octanol–water partition coefficient (Wildman–Crippen LogP) is 5.41. The lowest BCUT2D eigenvalue weighted by molar-refractivity contribution is 0.795. The summed E-state index contributed by atoms with van der Waals surface area (Å²) in [6.07, 6.45) is 3.59. The monoisotopic (exact) mass is 328 g/mol. The molecule has 0 amide bonds. The van der Waals surface area contributed by atoms with Crippen molar-refractivity contribution in [1.29, 1.82) is 5.26 Å². The van der Waals surface area contributed by atoms with Crippen LogP contribution in [0.1, 0.15) is 30.9 Å². The predicted molar refractivity (Wildman–Crippen MR) is 87.2 cm³/mol. The van der Waals surface area contributed by atoms with Crippen molar-refractivity contribution in [3.05, 3.63) is 58.1 Å². The summed E-state index contributed by atoms with van der Waals surface area (Å²) in [7, 11) is 0. The van der Waals surface area contributed by atoms with Crippen molar-refractivity contribution in [3.8, 4) is 6.07 Å². The molecule has 2 nitrogen and oxygen atoms in total. The van der Waals surface area contributed by atoms with Crippen LogP contribution in [0.25, 0.3) is 0 Å². The van der Waals surface area contributed by atoms with E-state index in [2.05, 4.69) is 58.5 Å². The van der Waals surface area contributed by atoms with E-state index in [1.807, 2.05) is 18.2 Å². The first-order valence-corrected chi connectivity index (χ1v) is 7.58. The summed E-state index contributed by atoms with van der Waals surface area (Å²) in [6.45, 7) is 2.21. The zero-order valence-electron chi connectivity index (χ0n) is 11.5. The van der Waals surface area contributed by atoms with E-state index in [-0.39, 0.29) is 0 Å². The van der Waals surface area contributed by atoms with Crippen molar-refractivity contribution in [3.63, 3.8) is 0 Å². The van der Waals surface area contributed by atoms with E-state index in [1.165, 1.54) is 18.4 Å².